The van der Waals surface area contributed by atoms with Crippen molar-refractivity contribution in [2.45, 2.75) is 38.6 Å². The summed E-state index contributed by atoms with van der Waals surface area (Å²) in [6, 6.07) is 6.27. The van der Waals surface area contributed by atoms with Crippen LogP contribution in [0.1, 0.15) is 42.2 Å². The fourth-order valence-corrected chi connectivity index (χ4v) is 4.07. The zero-order chi connectivity index (χ0) is 17.2. The molecule has 1 amide bonds. The number of aromatic nitrogens is 3. The molecule has 0 bridgehead atoms. The Balaban J connectivity index is 1.54. The number of carbonyl (C=O) groups excluding carboxylic acids is 1. The van der Waals surface area contributed by atoms with Crippen molar-refractivity contribution in [1.82, 2.24) is 24.6 Å². The lowest BCUT2D eigenvalue weighted by Crippen LogP contribution is -2.37. The fraction of sp³-hybridized carbons (Fsp3) is 0.526. The number of amides is 1. The van der Waals surface area contributed by atoms with Gasteiger partial charge in [0.05, 0.1) is 17.5 Å². The molecular weight excluding hydrogens is 314 g/mol. The van der Waals surface area contributed by atoms with Gasteiger partial charge in [-0.05, 0) is 50.9 Å². The minimum absolute atomic E-state index is 0.112. The van der Waals surface area contributed by atoms with Crippen molar-refractivity contribution >= 4 is 5.91 Å². The Kier molecular flexibility index (Phi) is 4.53. The molecule has 6 nitrogen and oxygen atoms in total. The van der Waals surface area contributed by atoms with E-state index < -0.39 is 0 Å². The molecule has 0 aromatic carbocycles. The summed E-state index contributed by atoms with van der Waals surface area (Å²) in [5.41, 5.74) is 1.66. The van der Waals surface area contributed by atoms with Gasteiger partial charge in [0.2, 0.25) is 0 Å². The molecule has 1 unspecified atom stereocenters. The minimum Gasteiger partial charge on any atom is -0.337 e. The monoisotopic (exact) mass is 339 g/mol. The molecule has 2 aromatic heterocycles. The lowest BCUT2D eigenvalue weighted by atomic mass is 10.2. The summed E-state index contributed by atoms with van der Waals surface area (Å²) in [4.78, 5) is 22.0. The highest BCUT2D eigenvalue weighted by Gasteiger charge is 2.33. The van der Waals surface area contributed by atoms with Crippen molar-refractivity contribution in [1.29, 1.82) is 0 Å². The Labute approximate surface area is 148 Å². The van der Waals surface area contributed by atoms with Crippen LogP contribution in [0.3, 0.4) is 0 Å². The zero-order valence-electron chi connectivity index (χ0n) is 14.8. The summed E-state index contributed by atoms with van der Waals surface area (Å²) in [6.07, 6.45) is 7.88. The summed E-state index contributed by atoms with van der Waals surface area (Å²) in [6.45, 7) is 6.12. The topological polar surface area (TPSA) is 54.3 Å². The number of rotatable bonds is 4. The molecule has 25 heavy (non-hydrogen) atoms. The molecule has 0 saturated carbocycles. The van der Waals surface area contributed by atoms with E-state index >= 15 is 0 Å². The maximum atomic E-state index is 13.1. The van der Waals surface area contributed by atoms with E-state index in [1.54, 1.807) is 17.1 Å². The molecule has 0 spiro atoms. The van der Waals surface area contributed by atoms with Gasteiger partial charge in [0, 0.05) is 25.3 Å². The van der Waals surface area contributed by atoms with E-state index in [-0.39, 0.29) is 5.91 Å². The van der Waals surface area contributed by atoms with Gasteiger partial charge in [-0.2, -0.15) is 5.10 Å². The van der Waals surface area contributed by atoms with E-state index in [2.05, 4.69) is 21.9 Å². The number of hydrogen-bond donors (Lipinski definition) is 0. The molecule has 6 heteroatoms. The molecule has 2 fully saturated rings. The summed E-state index contributed by atoms with van der Waals surface area (Å²) in [5.74, 6) is 0.871. The van der Waals surface area contributed by atoms with E-state index in [1.807, 2.05) is 23.1 Å². The highest BCUT2D eigenvalue weighted by molar-refractivity contribution is 5.95. The first-order chi connectivity index (χ1) is 12.3. The second-order valence-corrected chi connectivity index (χ2v) is 6.89. The van der Waals surface area contributed by atoms with Crippen molar-refractivity contribution < 1.29 is 4.79 Å². The average Bonchev–Trinajstić information content (AvgIpc) is 3.41. The van der Waals surface area contributed by atoms with Gasteiger partial charge in [-0.3, -0.25) is 9.69 Å². The molecule has 4 heterocycles. The average molecular weight is 339 g/mol. The third-order valence-electron chi connectivity index (χ3n) is 5.41. The van der Waals surface area contributed by atoms with Crippen molar-refractivity contribution in [3.8, 4) is 5.82 Å². The number of likely N-dealkylation sites (tertiary alicyclic amines) is 2. The van der Waals surface area contributed by atoms with Gasteiger partial charge >= 0.3 is 0 Å². The molecule has 132 valence electrons. The Bertz CT molecular complexity index is 736. The SMILES string of the molecule is CCc1c(C(=O)N2CCC(N3CCCC3)C2)cnn1-c1ccccn1. The van der Waals surface area contributed by atoms with Gasteiger partial charge in [-0.1, -0.05) is 13.0 Å². The quantitative estimate of drug-likeness (QED) is 0.856. The molecule has 0 aliphatic carbocycles. The van der Waals surface area contributed by atoms with E-state index in [9.17, 15) is 4.79 Å². The molecule has 2 aliphatic rings. The molecular formula is C19H25N5O. The molecule has 2 saturated heterocycles. The third-order valence-corrected chi connectivity index (χ3v) is 5.41. The lowest BCUT2D eigenvalue weighted by molar-refractivity contribution is 0.0779. The number of carbonyl (C=O) groups is 1. The van der Waals surface area contributed by atoms with Gasteiger partial charge < -0.3 is 4.90 Å². The van der Waals surface area contributed by atoms with E-state index in [0.29, 0.717) is 6.04 Å². The molecule has 0 N–H and O–H groups in total. The van der Waals surface area contributed by atoms with E-state index in [0.717, 1.165) is 43.0 Å². The van der Waals surface area contributed by atoms with Crippen molar-refractivity contribution in [2.75, 3.05) is 26.2 Å². The van der Waals surface area contributed by atoms with E-state index in [1.165, 1.54) is 25.9 Å². The first kappa shape index (κ1) is 16.3. The Morgan fingerprint density at radius 2 is 2.08 bits per heavy atom. The van der Waals surface area contributed by atoms with Crippen molar-refractivity contribution in [3.05, 3.63) is 41.9 Å². The second kappa shape index (κ2) is 6.96. The van der Waals surface area contributed by atoms with Crippen LogP contribution >= 0.6 is 0 Å². The summed E-state index contributed by atoms with van der Waals surface area (Å²) in [7, 11) is 0. The number of hydrogen-bond acceptors (Lipinski definition) is 4. The van der Waals surface area contributed by atoms with Crippen LogP contribution in [0.25, 0.3) is 5.82 Å². The molecule has 2 aromatic rings. The van der Waals surface area contributed by atoms with Gasteiger partial charge in [0.1, 0.15) is 0 Å². The van der Waals surface area contributed by atoms with Gasteiger partial charge in [-0.25, -0.2) is 9.67 Å². The summed E-state index contributed by atoms with van der Waals surface area (Å²) in [5, 5.41) is 4.44. The normalized spacial score (nSPS) is 21.2. The first-order valence-electron chi connectivity index (χ1n) is 9.29. The Morgan fingerprint density at radius 1 is 1.24 bits per heavy atom. The van der Waals surface area contributed by atoms with Crippen LogP contribution < -0.4 is 0 Å². The molecule has 2 aliphatic heterocycles. The predicted octanol–water partition coefficient (Wildman–Crippen LogP) is 2.14. The zero-order valence-corrected chi connectivity index (χ0v) is 14.8. The molecule has 4 rings (SSSR count). The van der Waals surface area contributed by atoms with Gasteiger partial charge in [0.25, 0.3) is 5.91 Å². The second-order valence-electron chi connectivity index (χ2n) is 6.89. The third kappa shape index (κ3) is 3.06. The summed E-state index contributed by atoms with van der Waals surface area (Å²) >= 11 is 0. The maximum Gasteiger partial charge on any atom is 0.257 e. The highest BCUT2D eigenvalue weighted by Crippen LogP contribution is 2.23. The van der Waals surface area contributed by atoms with Crippen LogP contribution in [0.15, 0.2) is 30.6 Å². The predicted molar refractivity (Wildman–Crippen MR) is 95.9 cm³/mol. The van der Waals surface area contributed by atoms with E-state index in [4.69, 9.17) is 0 Å². The van der Waals surface area contributed by atoms with Crippen LogP contribution in [0.4, 0.5) is 0 Å². The Hall–Kier alpha value is -2.21. The largest absolute Gasteiger partial charge is 0.337 e. The van der Waals surface area contributed by atoms with Crippen LogP contribution in [0.5, 0.6) is 0 Å². The van der Waals surface area contributed by atoms with Crippen molar-refractivity contribution in [3.63, 3.8) is 0 Å². The van der Waals surface area contributed by atoms with Crippen LogP contribution in [-0.2, 0) is 6.42 Å². The van der Waals surface area contributed by atoms with Gasteiger partial charge in [0.15, 0.2) is 5.82 Å². The smallest absolute Gasteiger partial charge is 0.257 e. The summed E-state index contributed by atoms with van der Waals surface area (Å²) < 4.78 is 1.79. The van der Waals surface area contributed by atoms with Crippen LogP contribution in [-0.4, -0.2) is 62.7 Å². The van der Waals surface area contributed by atoms with Crippen molar-refractivity contribution in [2.24, 2.45) is 0 Å². The lowest BCUT2D eigenvalue weighted by Gasteiger charge is -2.23. The maximum absolute atomic E-state index is 13.1. The highest BCUT2D eigenvalue weighted by atomic mass is 16.2. The molecule has 0 radical (unpaired) electrons. The molecule has 1 atom stereocenters. The standard InChI is InChI=1S/C19H25N5O/c1-2-17-16(13-21-24(17)18-7-3-4-9-20-18)19(25)23-12-8-15(14-23)22-10-5-6-11-22/h3-4,7,9,13,15H,2,5-6,8,10-12,14H2,1H3. The fourth-order valence-electron chi connectivity index (χ4n) is 4.07. The minimum atomic E-state index is 0.112. The Morgan fingerprint density at radius 3 is 2.80 bits per heavy atom. The van der Waals surface area contributed by atoms with Gasteiger partial charge in [-0.15, -0.1) is 0 Å². The number of pyridine rings is 1. The number of nitrogens with zero attached hydrogens (tertiary/aromatic N) is 5. The first-order valence-corrected chi connectivity index (χ1v) is 9.29. The van der Waals surface area contributed by atoms with Crippen LogP contribution in [0.2, 0.25) is 0 Å². The van der Waals surface area contributed by atoms with Crippen LogP contribution in [0, 0.1) is 0 Å².